The van der Waals surface area contributed by atoms with E-state index in [9.17, 15) is 13.8 Å². The van der Waals surface area contributed by atoms with Crippen LogP contribution in [0.25, 0.3) is 0 Å². The number of anilines is 2. The Labute approximate surface area is 187 Å². The van der Waals surface area contributed by atoms with Crippen LogP contribution in [0.4, 0.5) is 16.2 Å². The highest BCUT2D eigenvalue weighted by Gasteiger charge is 2.09. The molecule has 2 aromatic carbocycles. The molecule has 3 rings (SSSR count). The van der Waals surface area contributed by atoms with Gasteiger partial charge in [0.2, 0.25) is 0 Å². The Balaban J connectivity index is 1.70. The molecule has 0 aliphatic rings. The summed E-state index contributed by atoms with van der Waals surface area (Å²) in [5, 5.41) is 5.56. The van der Waals surface area contributed by atoms with Gasteiger partial charge in [-0.2, -0.15) is 0 Å². The number of nitrogens with zero attached hydrogens (tertiary/aromatic N) is 1. The summed E-state index contributed by atoms with van der Waals surface area (Å²) in [5.41, 5.74) is 3.75. The van der Waals surface area contributed by atoms with Gasteiger partial charge in [-0.25, -0.2) is 9.00 Å². The van der Waals surface area contributed by atoms with Crippen molar-refractivity contribution < 1.29 is 13.8 Å². The zero-order chi connectivity index (χ0) is 23.1. The standard InChI is InChI=1S/C24H22N4O3S/c1-17-6-4-8-21(12-17)26-24(30)27-22-9-5-7-18(14-22)10-11-19-13-20(16-25-15-19)23(29)28-32(2,3)31/h4-9,12-16H,2H2,1,3H3,(H2,26,27,30)(H,28,29,31). The van der Waals surface area contributed by atoms with E-state index < -0.39 is 15.6 Å². The van der Waals surface area contributed by atoms with E-state index in [4.69, 9.17) is 0 Å². The number of rotatable bonds is 4. The Morgan fingerprint density at radius 3 is 2.28 bits per heavy atom. The van der Waals surface area contributed by atoms with E-state index in [1.165, 1.54) is 18.6 Å². The van der Waals surface area contributed by atoms with Crippen molar-refractivity contribution in [3.8, 4) is 11.8 Å². The Morgan fingerprint density at radius 2 is 1.59 bits per heavy atom. The minimum Gasteiger partial charge on any atom is -0.308 e. The van der Waals surface area contributed by atoms with Gasteiger partial charge in [0.05, 0.1) is 5.56 Å². The number of benzene rings is 2. The van der Waals surface area contributed by atoms with E-state index in [0.717, 1.165) is 5.56 Å². The molecule has 3 N–H and O–H groups in total. The van der Waals surface area contributed by atoms with Crippen LogP contribution in [0.2, 0.25) is 0 Å². The molecule has 0 spiro atoms. The quantitative estimate of drug-likeness (QED) is 0.422. The number of aryl methyl sites for hydroxylation is 1. The third kappa shape index (κ3) is 7.00. The van der Waals surface area contributed by atoms with Gasteiger partial charge in [-0.05, 0) is 54.8 Å². The molecule has 0 bridgehead atoms. The van der Waals surface area contributed by atoms with Crippen LogP contribution < -0.4 is 15.4 Å². The molecule has 7 nitrogen and oxygen atoms in total. The summed E-state index contributed by atoms with van der Waals surface area (Å²) in [7, 11) is -2.68. The van der Waals surface area contributed by atoms with E-state index in [1.807, 2.05) is 31.2 Å². The second-order valence-electron chi connectivity index (χ2n) is 7.18. The first-order valence-corrected chi connectivity index (χ1v) is 11.7. The minimum absolute atomic E-state index is 0.235. The summed E-state index contributed by atoms with van der Waals surface area (Å²) >= 11 is 0. The molecule has 0 aliphatic carbocycles. The zero-order valence-electron chi connectivity index (χ0n) is 17.6. The normalized spacial score (nSPS) is 11.9. The summed E-state index contributed by atoms with van der Waals surface area (Å²) in [6.45, 7) is 1.95. The molecule has 3 aromatic rings. The minimum atomic E-state index is -2.68. The number of hydrogen-bond donors (Lipinski definition) is 3. The number of nitrogens with one attached hydrogen (secondary N) is 3. The van der Waals surface area contributed by atoms with Crippen LogP contribution in [-0.4, -0.2) is 33.3 Å². The van der Waals surface area contributed by atoms with Gasteiger partial charge < -0.3 is 10.6 Å². The first kappa shape index (κ1) is 22.6. The average Bonchev–Trinajstić information content (AvgIpc) is 2.71. The van der Waals surface area contributed by atoms with Crippen LogP contribution in [0.15, 0.2) is 67.0 Å². The van der Waals surface area contributed by atoms with Crippen molar-refractivity contribution in [3.05, 3.63) is 89.2 Å². The number of urea groups is 1. The lowest BCUT2D eigenvalue weighted by atomic mass is 10.1. The van der Waals surface area contributed by atoms with Crippen LogP contribution in [0.3, 0.4) is 0 Å². The highest BCUT2D eigenvalue weighted by Crippen LogP contribution is 2.13. The second kappa shape index (κ2) is 9.81. The number of pyridine rings is 1. The van der Waals surface area contributed by atoms with Crippen LogP contribution in [0.1, 0.15) is 27.0 Å². The van der Waals surface area contributed by atoms with Gasteiger partial charge in [0.1, 0.15) is 0 Å². The van der Waals surface area contributed by atoms with E-state index in [1.54, 1.807) is 30.3 Å². The largest absolute Gasteiger partial charge is 0.323 e. The molecule has 0 saturated carbocycles. The maximum absolute atomic E-state index is 12.3. The van der Waals surface area contributed by atoms with Crippen molar-refractivity contribution in [2.45, 2.75) is 6.92 Å². The molecule has 0 saturated heterocycles. The highest BCUT2D eigenvalue weighted by molar-refractivity contribution is 7.98. The molecule has 1 atom stereocenters. The molecular formula is C24H22N4O3S. The number of hydrogen-bond acceptors (Lipinski definition) is 4. The van der Waals surface area contributed by atoms with Gasteiger partial charge in [0.25, 0.3) is 5.91 Å². The second-order valence-corrected chi connectivity index (χ2v) is 9.39. The van der Waals surface area contributed by atoms with E-state index in [-0.39, 0.29) is 11.6 Å². The molecule has 0 fully saturated rings. The van der Waals surface area contributed by atoms with Gasteiger partial charge in [0.15, 0.2) is 0 Å². The molecule has 1 unspecified atom stereocenters. The van der Waals surface area contributed by atoms with Gasteiger partial charge in [-0.15, -0.1) is 0 Å². The SMILES string of the molecule is C=S(C)(=O)NC(=O)c1cncc(C#Cc2cccc(NC(=O)Nc3cccc(C)c3)c2)c1. The fourth-order valence-electron chi connectivity index (χ4n) is 2.72. The Bertz CT molecular complexity index is 1340. The van der Waals surface area contributed by atoms with Crippen molar-refractivity contribution in [3.63, 3.8) is 0 Å². The maximum Gasteiger partial charge on any atom is 0.323 e. The third-order valence-electron chi connectivity index (χ3n) is 4.06. The van der Waals surface area contributed by atoms with Gasteiger partial charge in [-0.3, -0.25) is 14.5 Å². The lowest BCUT2D eigenvalue weighted by Gasteiger charge is -2.08. The van der Waals surface area contributed by atoms with E-state index in [2.05, 4.69) is 38.1 Å². The molecule has 3 amide bonds. The maximum atomic E-state index is 12.3. The average molecular weight is 447 g/mol. The summed E-state index contributed by atoms with van der Waals surface area (Å²) in [6.07, 6.45) is 4.22. The van der Waals surface area contributed by atoms with E-state index >= 15 is 0 Å². The molecule has 0 radical (unpaired) electrons. The summed E-state index contributed by atoms with van der Waals surface area (Å²) in [6, 6.07) is 15.8. The summed E-state index contributed by atoms with van der Waals surface area (Å²) in [4.78, 5) is 28.4. The predicted molar refractivity (Wildman–Crippen MR) is 129 cm³/mol. The lowest BCUT2D eigenvalue weighted by Crippen LogP contribution is -2.29. The predicted octanol–water partition coefficient (Wildman–Crippen LogP) is 3.42. The zero-order valence-corrected chi connectivity index (χ0v) is 18.5. The molecular weight excluding hydrogens is 424 g/mol. The van der Waals surface area contributed by atoms with Crippen molar-refractivity contribution in [2.24, 2.45) is 0 Å². The highest BCUT2D eigenvalue weighted by atomic mass is 32.2. The molecule has 8 heteroatoms. The van der Waals surface area contributed by atoms with Crippen molar-refractivity contribution in [1.29, 1.82) is 0 Å². The monoisotopic (exact) mass is 446 g/mol. The number of amides is 3. The number of carbonyl (C=O) groups is 2. The topological polar surface area (TPSA) is 100 Å². The fourth-order valence-corrected chi connectivity index (χ4v) is 3.23. The third-order valence-corrected chi connectivity index (χ3v) is 4.67. The van der Waals surface area contributed by atoms with Crippen LogP contribution >= 0.6 is 0 Å². The van der Waals surface area contributed by atoms with Gasteiger partial charge in [-0.1, -0.05) is 30.0 Å². The van der Waals surface area contributed by atoms with Gasteiger partial charge >= 0.3 is 6.03 Å². The number of carbonyl (C=O) groups excluding carboxylic acids is 2. The Kier molecular flexibility index (Phi) is 6.93. The molecule has 1 heterocycles. The van der Waals surface area contributed by atoms with E-state index in [0.29, 0.717) is 22.5 Å². The summed E-state index contributed by atoms with van der Waals surface area (Å²) < 4.78 is 14.0. The molecule has 32 heavy (non-hydrogen) atoms. The summed E-state index contributed by atoms with van der Waals surface area (Å²) in [5.74, 6) is 8.79. The molecule has 162 valence electrons. The van der Waals surface area contributed by atoms with Crippen LogP contribution in [0.5, 0.6) is 0 Å². The van der Waals surface area contributed by atoms with Crippen molar-refractivity contribution >= 4 is 38.9 Å². The lowest BCUT2D eigenvalue weighted by molar-refractivity contribution is 0.0982. The number of aromatic nitrogens is 1. The smallest absolute Gasteiger partial charge is 0.308 e. The molecule has 0 aliphatic heterocycles. The van der Waals surface area contributed by atoms with Gasteiger partial charge in [0, 0.05) is 50.9 Å². The first-order chi connectivity index (χ1) is 15.2. The van der Waals surface area contributed by atoms with Crippen LogP contribution in [-0.2, 0) is 9.71 Å². The Morgan fingerprint density at radius 1 is 0.938 bits per heavy atom. The first-order valence-electron chi connectivity index (χ1n) is 9.54. The molecule has 1 aromatic heterocycles. The van der Waals surface area contributed by atoms with Crippen LogP contribution in [0, 0.1) is 18.8 Å². The van der Waals surface area contributed by atoms with Crippen molar-refractivity contribution in [2.75, 3.05) is 16.9 Å². The van der Waals surface area contributed by atoms with Crippen molar-refractivity contribution in [1.82, 2.24) is 9.71 Å². The fraction of sp³-hybridized carbons (Fsp3) is 0.0833. The Hall–Kier alpha value is -4.09.